The van der Waals surface area contributed by atoms with Gasteiger partial charge in [0.15, 0.2) is 6.79 Å². The average Bonchev–Trinajstić information content (AvgIpc) is 2.94. The molecular formula is C15H15Cl2N3O6S. The number of benzene rings is 1. The van der Waals surface area contributed by atoms with E-state index in [2.05, 4.69) is 9.28 Å². The van der Waals surface area contributed by atoms with E-state index >= 15 is 0 Å². The van der Waals surface area contributed by atoms with Crippen LogP contribution in [0.4, 0.5) is 4.79 Å². The Kier molecular flexibility index (Phi) is 7.08. The van der Waals surface area contributed by atoms with Gasteiger partial charge in [-0.1, -0.05) is 29.3 Å². The van der Waals surface area contributed by atoms with Gasteiger partial charge in [0.1, 0.15) is 0 Å². The van der Waals surface area contributed by atoms with Crippen molar-refractivity contribution < 1.29 is 26.9 Å². The maximum Gasteiger partial charge on any atom is 0.420 e. The fraction of sp³-hybridized carbons (Fsp3) is 0.200. The predicted molar refractivity (Wildman–Crippen MR) is 98.9 cm³/mol. The van der Waals surface area contributed by atoms with Crippen molar-refractivity contribution in [1.29, 1.82) is 0 Å². The molecule has 0 saturated heterocycles. The summed E-state index contributed by atoms with van der Waals surface area (Å²) < 4.78 is 38.8. The number of carbonyl (C=O) groups excluding carboxylic acids is 1. The van der Waals surface area contributed by atoms with Crippen LogP contribution in [0.15, 0.2) is 29.7 Å². The van der Waals surface area contributed by atoms with E-state index in [-0.39, 0.29) is 19.2 Å². The van der Waals surface area contributed by atoms with E-state index in [0.717, 1.165) is 0 Å². The monoisotopic (exact) mass is 435 g/mol. The van der Waals surface area contributed by atoms with E-state index in [1.165, 1.54) is 23.9 Å². The lowest BCUT2D eigenvalue weighted by Crippen LogP contribution is -2.17. The van der Waals surface area contributed by atoms with Crippen LogP contribution >= 0.6 is 23.2 Å². The number of methoxy groups -OCH3 is 1. The highest BCUT2D eigenvalue weighted by Gasteiger charge is 2.13. The van der Waals surface area contributed by atoms with Gasteiger partial charge in [0.05, 0.1) is 17.6 Å². The Balaban J connectivity index is 2.34. The molecule has 0 bridgehead atoms. The van der Waals surface area contributed by atoms with Crippen LogP contribution in [0.5, 0.6) is 5.88 Å². The molecule has 2 aromatic rings. The molecule has 0 spiro atoms. The third kappa shape index (κ3) is 6.43. The lowest BCUT2D eigenvalue weighted by molar-refractivity contribution is 0.0473. The number of nitrogens with two attached hydrogens (primary N) is 1. The lowest BCUT2D eigenvalue weighted by Gasteiger charge is -2.07. The fourth-order valence-electron chi connectivity index (χ4n) is 1.96. The Morgan fingerprint density at radius 1 is 1.33 bits per heavy atom. The van der Waals surface area contributed by atoms with Crippen LogP contribution in [0.1, 0.15) is 11.3 Å². The molecule has 0 unspecified atom stereocenters. The number of hydrogen-bond donors (Lipinski definition) is 1. The number of hydrogen-bond acceptors (Lipinski definition) is 7. The van der Waals surface area contributed by atoms with E-state index in [9.17, 15) is 13.2 Å². The number of carbonyl (C=O) groups is 1. The van der Waals surface area contributed by atoms with Gasteiger partial charge < -0.3 is 19.4 Å². The van der Waals surface area contributed by atoms with Crippen molar-refractivity contribution in [3.05, 3.63) is 51.0 Å². The maximum atomic E-state index is 11.6. The normalized spacial score (nSPS) is 11.7. The molecule has 0 saturated carbocycles. The van der Waals surface area contributed by atoms with E-state index in [4.69, 9.17) is 38.4 Å². The van der Waals surface area contributed by atoms with Crippen LogP contribution in [0.25, 0.3) is 6.08 Å². The second-order valence-corrected chi connectivity index (χ2v) is 7.32. The second kappa shape index (κ2) is 9.09. The van der Waals surface area contributed by atoms with Crippen LogP contribution in [-0.4, -0.2) is 38.2 Å². The summed E-state index contributed by atoms with van der Waals surface area (Å²) in [7, 11) is -2.85. The summed E-state index contributed by atoms with van der Waals surface area (Å²) in [5, 5.41) is 5.78. The molecule has 1 aromatic heterocycles. The molecule has 0 aliphatic heterocycles. The van der Waals surface area contributed by atoms with Gasteiger partial charge in [-0.2, -0.15) is 8.42 Å². The van der Waals surface area contributed by atoms with Crippen molar-refractivity contribution >= 4 is 45.5 Å². The van der Waals surface area contributed by atoms with Gasteiger partial charge in [-0.25, -0.2) is 4.79 Å². The van der Waals surface area contributed by atoms with Gasteiger partial charge in [-0.15, -0.1) is 5.10 Å². The molecule has 0 radical (unpaired) electrons. The summed E-state index contributed by atoms with van der Waals surface area (Å²) in [5.41, 5.74) is 5.74. The average molecular weight is 436 g/mol. The molecule has 146 valence electrons. The molecule has 0 atom stereocenters. The van der Waals surface area contributed by atoms with Crippen molar-refractivity contribution in [2.24, 2.45) is 5.73 Å². The Hall–Kier alpha value is -2.27. The van der Waals surface area contributed by atoms with Crippen LogP contribution in [0, 0.1) is 0 Å². The minimum atomic E-state index is -4.30. The molecule has 2 rings (SSSR count). The van der Waals surface area contributed by atoms with Gasteiger partial charge in [0.2, 0.25) is 5.88 Å². The smallest absolute Gasteiger partial charge is 0.420 e. The molecule has 9 nitrogen and oxygen atoms in total. The lowest BCUT2D eigenvalue weighted by atomic mass is 10.2. The van der Waals surface area contributed by atoms with Crippen LogP contribution in [0.3, 0.4) is 0 Å². The van der Waals surface area contributed by atoms with E-state index in [1.807, 2.05) is 0 Å². The fourth-order valence-corrected chi connectivity index (χ4v) is 3.02. The first-order valence-corrected chi connectivity index (χ1v) is 9.48. The van der Waals surface area contributed by atoms with Gasteiger partial charge >= 0.3 is 16.2 Å². The first-order valence-electron chi connectivity index (χ1n) is 7.25. The minimum absolute atomic E-state index is 0.0506. The molecule has 1 amide bonds. The highest BCUT2D eigenvalue weighted by molar-refractivity contribution is 7.90. The summed E-state index contributed by atoms with van der Waals surface area (Å²) in [6.45, 7) is 0.147. The molecule has 0 aliphatic rings. The van der Waals surface area contributed by atoms with Gasteiger partial charge in [-0.05, 0) is 23.8 Å². The molecule has 0 fully saturated rings. The Bertz CT molecular complexity index is 958. The number of rotatable bonds is 8. The van der Waals surface area contributed by atoms with Gasteiger partial charge in [0, 0.05) is 23.2 Å². The highest BCUT2D eigenvalue weighted by Crippen LogP contribution is 2.23. The number of halogens is 2. The summed E-state index contributed by atoms with van der Waals surface area (Å²) in [6.07, 6.45) is -0.264. The van der Waals surface area contributed by atoms with Crippen molar-refractivity contribution in [2.75, 3.05) is 13.9 Å². The van der Waals surface area contributed by atoms with Gasteiger partial charge in [0.25, 0.3) is 0 Å². The zero-order valence-corrected chi connectivity index (χ0v) is 16.3. The zero-order chi connectivity index (χ0) is 20.0. The topological polar surface area (TPSA) is 123 Å². The quantitative estimate of drug-likeness (QED) is 0.499. The molecule has 1 heterocycles. The number of aromatic nitrogens is 2. The van der Waals surface area contributed by atoms with Crippen molar-refractivity contribution in [3.63, 3.8) is 0 Å². The summed E-state index contributed by atoms with van der Waals surface area (Å²) in [6, 6.07) is 6.42. The summed E-state index contributed by atoms with van der Waals surface area (Å²) >= 11 is 12.1. The first kappa shape index (κ1) is 21.0. The number of primary amides is 1. The Morgan fingerprint density at radius 2 is 2.07 bits per heavy atom. The SMILES string of the molecule is COCOc1cc(/C=C/S(=O)(=O)OC(N)=O)n(Cc2ccc(Cl)cc2Cl)n1. The van der Waals surface area contributed by atoms with Gasteiger partial charge in [-0.3, -0.25) is 4.68 Å². The maximum absolute atomic E-state index is 11.6. The molecule has 27 heavy (non-hydrogen) atoms. The number of nitrogens with zero attached hydrogens (tertiary/aromatic N) is 2. The number of amides is 1. The Labute approximate surface area is 165 Å². The second-order valence-electron chi connectivity index (χ2n) is 5.05. The molecular weight excluding hydrogens is 421 g/mol. The molecule has 12 heteroatoms. The van der Waals surface area contributed by atoms with Crippen LogP contribution in [0.2, 0.25) is 10.0 Å². The summed E-state index contributed by atoms with van der Waals surface area (Å²) in [5.74, 6) is 0.190. The zero-order valence-electron chi connectivity index (χ0n) is 14.0. The minimum Gasteiger partial charge on any atom is -0.449 e. The third-order valence-electron chi connectivity index (χ3n) is 3.05. The largest absolute Gasteiger partial charge is 0.449 e. The van der Waals surface area contributed by atoms with Crippen LogP contribution < -0.4 is 10.5 Å². The molecule has 1 aromatic carbocycles. The Morgan fingerprint density at radius 3 is 2.70 bits per heavy atom. The molecule has 0 aliphatic carbocycles. The van der Waals surface area contributed by atoms with E-state index in [1.54, 1.807) is 18.2 Å². The highest BCUT2D eigenvalue weighted by atomic mass is 35.5. The van der Waals surface area contributed by atoms with E-state index in [0.29, 0.717) is 26.7 Å². The first-order chi connectivity index (χ1) is 12.7. The van der Waals surface area contributed by atoms with Crippen molar-refractivity contribution in [3.8, 4) is 5.88 Å². The predicted octanol–water partition coefficient (Wildman–Crippen LogP) is 2.62. The third-order valence-corrected chi connectivity index (χ3v) is 4.51. The van der Waals surface area contributed by atoms with Crippen molar-refractivity contribution in [2.45, 2.75) is 6.54 Å². The van der Waals surface area contributed by atoms with Crippen LogP contribution in [-0.2, 0) is 25.6 Å². The summed E-state index contributed by atoms with van der Waals surface area (Å²) in [4.78, 5) is 10.6. The van der Waals surface area contributed by atoms with E-state index < -0.39 is 16.2 Å². The molecule has 2 N–H and O–H groups in total. The number of ether oxygens (including phenoxy) is 2. The van der Waals surface area contributed by atoms with Crippen molar-refractivity contribution in [1.82, 2.24) is 9.78 Å². The standard InChI is InChI=1S/C15H15Cl2N3O6S/c1-24-9-25-14-7-12(4-5-27(22,23)26-15(18)21)20(19-14)8-10-2-3-11(16)6-13(10)17/h2-7H,8-9H2,1H3,(H2,18,21)/b5-4+.